The molecule has 110 valence electrons. The number of hydrogen-bond acceptors (Lipinski definition) is 3. The molecule has 0 aliphatic rings. The van der Waals surface area contributed by atoms with Gasteiger partial charge in [0, 0.05) is 18.8 Å². The molecule has 4 heteroatoms. The summed E-state index contributed by atoms with van der Waals surface area (Å²) in [5.41, 5.74) is 15.7. The van der Waals surface area contributed by atoms with Crippen LogP contribution in [-0.2, 0) is 6.54 Å². The van der Waals surface area contributed by atoms with Crippen LogP contribution in [0.2, 0.25) is 0 Å². The molecule has 2 rings (SSSR count). The van der Waals surface area contributed by atoms with E-state index < -0.39 is 5.91 Å². The lowest BCUT2D eigenvalue weighted by Crippen LogP contribution is -2.26. The molecule has 4 nitrogen and oxygen atoms in total. The van der Waals surface area contributed by atoms with Gasteiger partial charge in [-0.1, -0.05) is 24.3 Å². The number of carbonyl (C=O) groups is 1. The largest absolute Gasteiger partial charge is 0.399 e. The fourth-order valence-electron chi connectivity index (χ4n) is 2.38. The van der Waals surface area contributed by atoms with E-state index in [9.17, 15) is 4.79 Å². The molecule has 0 saturated carbocycles. The van der Waals surface area contributed by atoms with Crippen LogP contribution in [-0.4, -0.2) is 12.5 Å². The lowest BCUT2D eigenvalue weighted by Gasteiger charge is -2.26. The van der Waals surface area contributed by atoms with E-state index in [0.717, 1.165) is 12.2 Å². The van der Waals surface area contributed by atoms with Crippen LogP contribution >= 0.6 is 0 Å². The van der Waals surface area contributed by atoms with E-state index >= 15 is 0 Å². The third-order valence-electron chi connectivity index (χ3n) is 3.63. The Morgan fingerprint density at radius 3 is 2.52 bits per heavy atom. The molecule has 2 aromatic rings. The van der Waals surface area contributed by atoms with E-state index in [0.29, 0.717) is 17.8 Å². The van der Waals surface area contributed by atoms with Gasteiger partial charge in [-0.3, -0.25) is 4.79 Å². The zero-order valence-corrected chi connectivity index (χ0v) is 12.5. The first-order chi connectivity index (χ1) is 10.0. The van der Waals surface area contributed by atoms with Crippen molar-refractivity contribution in [3.63, 3.8) is 0 Å². The van der Waals surface area contributed by atoms with Gasteiger partial charge in [0.2, 0.25) is 0 Å². The van der Waals surface area contributed by atoms with Gasteiger partial charge in [-0.25, -0.2) is 0 Å². The van der Waals surface area contributed by atoms with Crippen molar-refractivity contribution in [2.45, 2.75) is 20.4 Å². The Hall–Kier alpha value is -2.49. The molecule has 0 heterocycles. The molecule has 0 atom stereocenters. The first kappa shape index (κ1) is 14.9. The van der Waals surface area contributed by atoms with Crippen LogP contribution in [0.1, 0.15) is 28.4 Å². The third-order valence-corrected chi connectivity index (χ3v) is 3.63. The highest BCUT2D eigenvalue weighted by Crippen LogP contribution is 2.25. The first-order valence-electron chi connectivity index (χ1n) is 7.01. The molecule has 0 aliphatic heterocycles. The predicted molar refractivity (Wildman–Crippen MR) is 87.3 cm³/mol. The maximum absolute atomic E-state index is 11.6. The van der Waals surface area contributed by atoms with Crippen molar-refractivity contribution in [2.75, 3.05) is 17.2 Å². The Labute approximate surface area is 125 Å². The molecule has 0 unspecified atom stereocenters. The Morgan fingerprint density at radius 2 is 1.90 bits per heavy atom. The molecule has 2 aromatic carbocycles. The maximum Gasteiger partial charge on any atom is 0.250 e. The zero-order chi connectivity index (χ0) is 15.4. The van der Waals surface area contributed by atoms with Crippen LogP contribution in [0.3, 0.4) is 0 Å². The standard InChI is InChI=1S/C17H21N3O/c1-3-20(11-13-7-5-4-6-12(13)2)16-10-14(18)8-9-15(16)17(19)21/h4-10H,3,11,18H2,1-2H3,(H2,19,21). The predicted octanol–water partition coefficient (Wildman–Crippen LogP) is 2.70. The zero-order valence-electron chi connectivity index (χ0n) is 12.5. The van der Waals surface area contributed by atoms with Crippen molar-refractivity contribution < 1.29 is 4.79 Å². The van der Waals surface area contributed by atoms with Crippen molar-refractivity contribution in [1.82, 2.24) is 0 Å². The van der Waals surface area contributed by atoms with Crippen LogP contribution in [0.5, 0.6) is 0 Å². The number of aryl methyl sites for hydroxylation is 1. The van der Waals surface area contributed by atoms with E-state index in [2.05, 4.69) is 24.0 Å². The molecule has 0 saturated heterocycles. The number of anilines is 2. The van der Waals surface area contributed by atoms with Crippen LogP contribution in [0, 0.1) is 6.92 Å². The van der Waals surface area contributed by atoms with Crippen molar-refractivity contribution in [1.29, 1.82) is 0 Å². The number of hydrogen-bond donors (Lipinski definition) is 2. The molecule has 0 aliphatic carbocycles. The molecule has 0 aromatic heterocycles. The monoisotopic (exact) mass is 283 g/mol. The topological polar surface area (TPSA) is 72.3 Å². The number of carbonyl (C=O) groups excluding carboxylic acids is 1. The van der Waals surface area contributed by atoms with Gasteiger partial charge in [0.25, 0.3) is 5.91 Å². The molecular weight excluding hydrogens is 262 g/mol. The quantitative estimate of drug-likeness (QED) is 0.829. The summed E-state index contributed by atoms with van der Waals surface area (Å²) >= 11 is 0. The Balaban J connectivity index is 2.40. The Morgan fingerprint density at radius 1 is 1.19 bits per heavy atom. The normalized spacial score (nSPS) is 10.4. The minimum atomic E-state index is -0.437. The maximum atomic E-state index is 11.6. The summed E-state index contributed by atoms with van der Waals surface area (Å²) < 4.78 is 0. The number of rotatable bonds is 5. The Bertz CT molecular complexity index is 652. The van der Waals surface area contributed by atoms with Crippen molar-refractivity contribution in [3.8, 4) is 0 Å². The van der Waals surface area contributed by atoms with E-state index in [1.165, 1.54) is 11.1 Å². The smallest absolute Gasteiger partial charge is 0.250 e. The second kappa shape index (κ2) is 6.31. The van der Waals surface area contributed by atoms with Crippen molar-refractivity contribution in [3.05, 3.63) is 59.2 Å². The summed E-state index contributed by atoms with van der Waals surface area (Å²) in [7, 11) is 0. The van der Waals surface area contributed by atoms with Crippen LogP contribution in [0.15, 0.2) is 42.5 Å². The molecule has 0 radical (unpaired) electrons. The number of nitrogen functional groups attached to an aromatic ring is 1. The SMILES string of the molecule is CCN(Cc1ccccc1C)c1cc(N)ccc1C(N)=O. The summed E-state index contributed by atoms with van der Waals surface area (Å²) in [6.07, 6.45) is 0. The lowest BCUT2D eigenvalue weighted by atomic mass is 10.1. The molecule has 4 N–H and O–H groups in total. The molecule has 0 spiro atoms. The average Bonchev–Trinajstić information content (AvgIpc) is 2.46. The summed E-state index contributed by atoms with van der Waals surface area (Å²) in [4.78, 5) is 13.7. The highest BCUT2D eigenvalue weighted by atomic mass is 16.1. The molecule has 21 heavy (non-hydrogen) atoms. The third kappa shape index (κ3) is 3.34. The number of benzene rings is 2. The fourth-order valence-corrected chi connectivity index (χ4v) is 2.38. The van der Waals surface area contributed by atoms with Gasteiger partial charge in [-0.05, 0) is 43.2 Å². The van der Waals surface area contributed by atoms with Gasteiger partial charge < -0.3 is 16.4 Å². The van der Waals surface area contributed by atoms with E-state index in [1.54, 1.807) is 12.1 Å². The van der Waals surface area contributed by atoms with E-state index in [4.69, 9.17) is 11.5 Å². The minimum absolute atomic E-state index is 0.437. The number of nitrogens with zero attached hydrogens (tertiary/aromatic N) is 1. The minimum Gasteiger partial charge on any atom is -0.399 e. The lowest BCUT2D eigenvalue weighted by molar-refractivity contribution is 0.100. The summed E-state index contributed by atoms with van der Waals surface area (Å²) in [5, 5.41) is 0. The number of primary amides is 1. The Kier molecular flexibility index (Phi) is 4.48. The average molecular weight is 283 g/mol. The van der Waals surface area contributed by atoms with Gasteiger partial charge in [0.1, 0.15) is 0 Å². The second-order valence-electron chi connectivity index (χ2n) is 5.08. The van der Waals surface area contributed by atoms with Crippen molar-refractivity contribution in [2.24, 2.45) is 5.73 Å². The van der Waals surface area contributed by atoms with Gasteiger partial charge in [-0.15, -0.1) is 0 Å². The number of nitrogens with two attached hydrogens (primary N) is 2. The van der Waals surface area contributed by atoms with Crippen LogP contribution < -0.4 is 16.4 Å². The van der Waals surface area contributed by atoms with E-state index in [-0.39, 0.29) is 0 Å². The highest BCUT2D eigenvalue weighted by molar-refractivity contribution is 5.99. The molecule has 0 fully saturated rings. The van der Waals surface area contributed by atoms with Crippen molar-refractivity contribution >= 4 is 17.3 Å². The molecule has 1 amide bonds. The fraction of sp³-hybridized carbons (Fsp3) is 0.235. The van der Waals surface area contributed by atoms with E-state index in [1.807, 2.05) is 25.1 Å². The number of amides is 1. The van der Waals surface area contributed by atoms with Gasteiger partial charge in [0.05, 0.1) is 11.3 Å². The molecule has 0 bridgehead atoms. The summed E-state index contributed by atoms with van der Waals surface area (Å²) in [5.74, 6) is -0.437. The van der Waals surface area contributed by atoms with Gasteiger partial charge >= 0.3 is 0 Å². The van der Waals surface area contributed by atoms with Gasteiger partial charge in [0.15, 0.2) is 0 Å². The summed E-state index contributed by atoms with van der Waals surface area (Å²) in [6.45, 7) is 5.61. The highest BCUT2D eigenvalue weighted by Gasteiger charge is 2.15. The van der Waals surface area contributed by atoms with Gasteiger partial charge in [-0.2, -0.15) is 0 Å². The second-order valence-corrected chi connectivity index (χ2v) is 5.08. The van der Waals surface area contributed by atoms with Crippen LogP contribution in [0.25, 0.3) is 0 Å². The summed E-state index contributed by atoms with van der Waals surface area (Å²) in [6, 6.07) is 13.4. The first-order valence-corrected chi connectivity index (χ1v) is 7.01. The molecular formula is C17H21N3O. The van der Waals surface area contributed by atoms with Crippen LogP contribution in [0.4, 0.5) is 11.4 Å².